The zero-order valence-corrected chi connectivity index (χ0v) is 10.7. The van der Waals surface area contributed by atoms with Crippen molar-refractivity contribution in [3.8, 4) is 0 Å². The van der Waals surface area contributed by atoms with Gasteiger partial charge in [-0.05, 0) is 41.1 Å². The molecule has 0 heterocycles. The highest BCUT2D eigenvalue weighted by molar-refractivity contribution is 9.10. The van der Waals surface area contributed by atoms with E-state index in [4.69, 9.17) is 9.84 Å². The lowest BCUT2D eigenvalue weighted by Crippen LogP contribution is -2.20. The number of rotatable bonds is 5. The summed E-state index contributed by atoms with van der Waals surface area (Å²) in [5.74, 6) is -0.941. The fraction of sp³-hybridized carbons (Fsp3) is 0.364. The predicted octanol–water partition coefficient (Wildman–Crippen LogP) is 2.59. The molecule has 1 aromatic carbocycles. The lowest BCUT2D eigenvalue weighted by molar-refractivity contribution is 0.0696. The first-order valence-electron chi connectivity index (χ1n) is 4.83. The summed E-state index contributed by atoms with van der Waals surface area (Å²) in [4.78, 5) is 10.8. The van der Waals surface area contributed by atoms with Crippen LogP contribution >= 0.6 is 15.9 Å². The molecule has 1 atom stereocenters. The maximum Gasteiger partial charge on any atom is 0.336 e. The number of benzene rings is 1. The summed E-state index contributed by atoms with van der Waals surface area (Å²) >= 11 is 3.22. The molecule has 0 saturated carbocycles. The topological polar surface area (TPSA) is 58.6 Å². The Morgan fingerprint density at radius 3 is 2.81 bits per heavy atom. The Labute approximate surface area is 103 Å². The van der Waals surface area contributed by atoms with Crippen molar-refractivity contribution in [1.82, 2.24) is 0 Å². The second-order valence-electron chi connectivity index (χ2n) is 3.50. The first-order valence-corrected chi connectivity index (χ1v) is 5.62. The Kier molecular flexibility index (Phi) is 4.76. The van der Waals surface area contributed by atoms with Crippen molar-refractivity contribution in [1.29, 1.82) is 0 Å². The van der Waals surface area contributed by atoms with Crippen LogP contribution in [0.3, 0.4) is 0 Å². The Bertz CT molecular complexity index is 381. The maximum atomic E-state index is 10.8. The van der Waals surface area contributed by atoms with Crippen LogP contribution in [-0.4, -0.2) is 30.8 Å². The highest BCUT2D eigenvalue weighted by Gasteiger charge is 2.09. The number of anilines is 1. The summed E-state index contributed by atoms with van der Waals surface area (Å²) in [6.07, 6.45) is 0. The number of aromatic carboxylic acids is 1. The van der Waals surface area contributed by atoms with Gasteiger partial charge in [-0.1, -0.05) is 0 Å². The first-order chi connectivity index (χ1) is 7.54. The van der Waals surface area contributed by atoms with E-state index in [9.17, 15) is 4.79 Å². The van der Waals surface area contributed by atoms with Gasteiger partial charge in [-0.3, -0.25) is 0 Å². The first kappa shape index (κ1) is 13.0. The molecule has 2 N–H and O–H groups in total. The Balaban J connectivity index is 2.77. The van der Waals surface area contributed by atoms with Gasteiger partial charge in [0.25, 0.3) is 0 Å². The van der Waals surface area contributed by atoms with Crippen molar-refractivity contribution in [2.24, 2.45) is 0 Å². The number of carboxylic acids is 1. The zero-order valence-electron chi connectivity index (χ0n) is 9.16. The van der Waals surface area contributed by atoms with Crippen LogP contribution in [-0.2, 0) is 4.74 Å². The average molecular weight is 288 g/mol. The third-order valence-electron chi connectivity index (χ3n) is 2.03. The van der Waals surface area contributed by atoms with Gasteiger partial charge in [0.2, 0.25) is 0 Å². The largest absolute Gasteiger partial charge is 0.478 e. The maximum absolute atomic E-state index is 10.8. The minimum atomic E-state index is -0.941. The van der Waals surface area contributed by atoms with E-state index in [-0.39, 0.29) is 11.6 Å². The summed E-state index contributed by atoms with van der Waals surface area (Å²) in [5.41, 5.74) is 1.12. The molecule has 1 unspecified atom stereocenters. The fourth-order valence-corrected chi connectivity index (χ4v) is 1.90. The van der Waals surface area contributed by atoms with E-state index in [1.807, 2.05) is 6.92 Å². The minimum absolute atomic E-state index is 0.174. The van der Waals surface area contributed by atoms with E-state index in [0.717, 1.165) is 5.69 Å². The number of hydrogen-bond acceptors (Lipinski definition) is 3. The smallest absolute Gasteiger partial charge is 0.336 e. The number of carbonyl (C=O) groups is 1. The van der Waals surface area contributed by atoms with E-state index in [0.29, 0.717) is 11.1 Å². The molecule has 0 aliphatic rings. The second-order valence-corrected chi connectivity index (χ2v) is 4.35. The van der Waals surface area contributed by atoms with Crippen molar-refractivity contribution in [3.05, 3.63) is 28.2 Å². The molecule has 0 aliphatic heterocycles. The molecule has 88 valence electrons. The summed E-state index contributed by atoms with van der Waals surface area (Å²) in [6.45, 7) is 2.58. The molecule has 4 nitrogen and oxygen atoms in total. The molecule has 5 heteroatoms. The van der Waals surface area contributed by atoms with E-state index < -0.39 is 5.97 Å². The van der Waals surface area contributed by atoms with Crippen molar-refractivity contribution in [2.45, 2.75) is 13.0 Å². The van der Waals surface area contributed by atoms with Crippen LogP contribution in [0.25, 0.3) is 0 Å². The van der Waals surface area contributed by atoms with E-state index >= 15 is 0 Å². The van der Waals surface area contributed by atoms with Gasteiger partial charge >= 0.3 is 5.97 Å². The lowest BCUT2D eigenvalue weighted by Gasteiger charge is -2.14. The van der Waals surface area contributed by atoms with Gasteiger partial charge in [-0.2, -0.15) is 0 Å². The normalized spacial score (nSPS) is 12.2. The van der Waals surface area contributed by atoms with Crippen LogP contribution in [0.1, 0.15) is 17.3 Å². The van der Waals surface area contributed by atoms with Crippen LogP contribution in [0.5, 0.6) is 0 Å². The molecule has 0 radical (unpaired) electrons. The lowest BCUT2D eigenvalue weighted by atomic mass is 10.2. The van der Waals surface area contributed by atoms with Gasteiger partial charge in [-0.15, -0.1) is 0 Å². The molecule has 0 spiro atoms. The van der Waals surface area contributed by atoms with Crippen molar-refractivity contribution in [3.63, 3.8) is 0 Å². The quantitative estimate of drug-likeness (QED) is 0.874. The van der Waals surface area contributed by atoms with E-state index in [1.165, 1.54) is 0 Å². The number of ether oxygens (including phenoxy) is 1. The number of carboxylic acid groups (broad SMARTS) is 1. The van der Waals surface area contributed by atoms with Crippen molar-refractivity contribution < 1.29 is 14.6 Å². The molecular weight excluding hydrogens is 274 g/mol. The third-order valence-corrected chi connectivity index (χ3v) is 2.69. The summed E-state index contributed by atoms with van der Waals surface area (Å²) in [6, 6.07) is 5.22. The number of hydrogen-bond donors (Lipinski definition) is 2. The molecule has 16 heavy (non-hydrogen) atoms. The highest BCUT2D eigenvalue weighted by atomic mass is 79.9. The van der Waals surface area contributed by atoms with E-state index in [1.54, 1.807) is 25.3 Å². The molecule has 1 aromatic rings. The highest BCUT2D eigenvalue weighted by Crippen LogP contribution is 2.22. The molecule has 0 fully saturated rings. The summed E-state index contributed by atoms with van der Waals surface area (Å²) < 4.78 is 5.56. The summed E-state index contributed by atoms with van der Waals surface area (Å²) in [5, 5.41) is 12.1. The van der Waals surface area contributed by atoms with Gasteiger partial charge in [0.1, 0.15) is 0 Å². The Morgan fingerprint density at radius 1 is 1.62 bits per heavy atom. The molecule has 0 aromatic heterocycles. The summed E-state index contributed by atoms with van der Waals surface area (Å²) in [7, 11) is 1.64. The monoisotopic (exact) mass is 287 g/mol. The molecule has 0 aliphatic carbocycles. The van der Waals surface area contributed by atoms with Crippen LogP contribution in [0, 0.1) is 0 Å². The van der Waals surface area contributed by atoms with E-state index in [2.05, 4.69) is 21.2 Å². The average Bonchev–Trinajstić information content (AvgIpc) is 2.17. The minimum Gasteiger partial charge on any atom is -0.478 e. The zero-order chi connectivity index (χ0) is 12.1. The number of halogens is 1. The third kappa shape index (κ3) is 3.50. The van der Waals surface area contributed by atoms with Crippen molar-refractivity contribution in [2.75, 3.05) is 19.0 Å². The molecular formula is C11H14BrNO3. The van der Waals surface area contributed by atoms with Crippen LogP contribution in [0.4, 0.5) is 5.69 Å². The van der Waals surface area contributed by atoms with Gasteiger partial charge in [0, 0.05) is 23.3 Å². The standard InChI is InChI=1S/C11H14BrNO3/c1-7(6-16-2)13-8-3-4-9(11(14)15)10(12)5-8/h3-5,7,13H,6H2,1-2H3,(H,14,15). The molecule has 0 saturated heterocycles. The molecule has 0 amide bonds. The van der Waals surface area contributed by atoms with Crippen LogP contribution in [0.15, 0.2) is 22.7 Å². The Hall–Kier alpha value is -1.07. The van der Waals surface area contributed by atoms with Gasteiger partial charge in [0.15, 0.2) is 0 Å². The number of nitrogens with one attached hydrogen (secondary N) is 1. The van der Waals surface area contributed by atoms with Crippen LogP contribution < -0.4 is 5.32 Å². The Morgan fingerprint density at radius 2 is 2.31 bits per heavy atom. The molecule has 0 bridgehead atoms. The number of methoxy groups -OCH3 is 1. The van der Waals surface area contributed by atoms with Gasteiger partial charge < -0.3 is 15.2 Å². The molecule has 1 rings (SSSR count). The predicted molar refractivity (Wildman–Crippen MR) is 66.1 cm³/mol. The van der Waals surface area contributed by atoms with Gasteiger partial charge in [-0.25, -0.2) is 4.79 Å². The van der Waals surface area contributed by atoms with Gasteiger partial charge in [0.05, 0.1) is 12.2 Å². The SMILES string of the molecule is COCC(C)Nc1ccc(C(=O)O)c(Br)c1. The second kappa shape index (κ2) is 5.86. The van der Waals surface area contributed by atoms with Crippen molar-refractivity contribution >= 4 is 27.6 Å². The fourth-order valence-electron chi connectivity index (χ4n) is 1.35. The van der Waals surface area contributed by atoms with Crippen LogP contribution in [0.2, 0.25) is 0 Å².